The predicted octanol–water partition coefficient (Wildman–Crippen LogP) is 2.67. The van der Waals surface area contributed by atoms with Crippen LogP contribution in [-0.2, 0) is 4.79 Å². The molecule has 0 amide bonds. The van der Waals surface area contributed by atoms with Gasteiger partial charge in [0.15, 0.2) is 0 Å². The van der Waals surface area contributed by atoms with Gasteiger partial charge in [0.1, 0.15) is 5.82 Å². The van der Waals surface area contributed by atoms with Crippen LogP contribution in [0.25, 0.3) is 0 Å². The maximum Gasteiger partial charge on any atom is 0.310 e. The number of hydrogen-bond donors (Lipinski definition) is 1. The monoisotopic (exact) mass is 202 g/mol. The third-order valence-electron chi connectivity index (χ3n) is 1.76. The third-order valence-corrected chi connectivity index (χ3v) is 1.97. The van der Waals surface area contributed by atoms with Crippen molar-refractivity contribution in [2.45, 2.75) is 12.8 Å². The van der Waals surface area contributed by atoms with Crippen LogP contribution >= 0.6 is 11.6 Å². The van der Waals surface area contributed by atoms with Gasteiger partial charge in [-0.15, -0.1) is 0 Å². The van der Waals surface area contributed by atoms with E-state index in [0.29, 0.717) is 5.56 Å². The molecule has 0 fully saturated rings. The minimum atomic E-state index is -0.998. The van der Waals surface area contributed by atoms with Crippen molar-refractivity contribution in [1.82, 2.24) is 0 Å². The molecule has 2 nitrogen and oxygen atoms in total. The molecule has 0 aliphatic rings. The molecule has 0 radical (unpaired) electrons. The van der Waals surface area contributed by atoms with Crippen LogP contribution < -0.4 is 0 Å². The molecule has 0 aliphatic carbocycles. The number of halogens is 2. The molecule has 13 heavy (non-hydrogen) atoms. The first-order chi connectivity index (χ1) is 6.00. The summed E-state index contributed by atoms with van der Waals surface area (Å²) in [5.41, 5.74) is 0.373. The van der Waals surface area contributed by atoms with Crippen LogP contribution in [-0.4, -0.2) is 11.1 Å². The number of carbonyl (C=O) groups is 1. The second-order valence-electron chi connectivity index (χ2n) is 2.76. The average Bonchev–Trinajstić information content (AvgIpc) is 2.01. The van der Waals surface area contributed by atoms with Crippen molar-refractivity contribution in [3.05, 3.63) is 34.6 Å². The minimum absolute atomic E-state index is 0.211. The zero-order valence-electron chi connectivity index (χ0n) is 6.92. The maximum absolute atomic E-state index is 12.8. The van der Waals surface area contributed by atoms with E-state index in [-0.39, 0.29) is 5.02 Å². The molecule has 0 spiro atoms. The van der Waals surface area contributed by atoms with Crippen LogP contribution in [0.1, 0.15) is 18.4 Å². The van der Waals surface area contributed by atoms with Gasteiger partial charge in [0.25, 0.3) is 0 Å². The van der Waals surface area contributed by atoms with E-state index in [0.717, 1.165) is 6.07 Å². The Morgan fingerprint density at radius 1 is 1.54 bits per heavy atom. The first-order valence-corrected chi connectivity index (χ1v) is 4.07. The van der Waals surface area contributed by atoms with Crippen LogP contribution in [0.3, 0.4) is 0 Å². The van der Waals surface area contributed by atoms with E-state index < -0.39 is 17.7 Å². The number of carboxylic acid groups (broad SMARTS) is 1. The van der Waals surface area contributed by atoms with Crippen LogP contribution in [0, 0.1) is 5.82 Å². The van der Waals surface area contributed by atoms with Gasteiger partial charge in [0, 0.05) is 5.02 Å². The lowest BCUT2D eigenvalue weighted by Crippen LogP contribution is -2.07. The Morgan fingerprint density at radius 3 is 2.62 bits per heavy atom. The van der Waals surface area contributed by atoms with Gasteiger partial charge in [0.05, 0.1) is 5.92 Å². The molecule has 1 aromatic rings. The van der Waals surface area contributed by atoms with Crippen LogP contribution in [0.5, 0.6) is 0 Å². The van der Waals surface area contributed by atoms with E-state index in [2.05, 4.69) is 0 Å². The predicted molar refractivity (Wildman–Crippen MR) is 47.5 cm³/mol. The summed E-state index contributed by atoms with van der Waals surface area (Å²) in [7, 11) is 0. The summed E-state index contributed by atoms with van der Waals surface area (Å²) in [5.74, 6) is -2.26. The summed E-state index contributed by atoms with van der Waals surface area (Å²) in [6.07, 6.45) is 0. The lowest BCUT2D eigenvalue weighted by atomic mass is 10.0. The zero-order valence-corrected chi connectivity index (χ0v) is 7.68. The first-order valence-electron chi connectivity index (χ1n) is 3.69. The zero-order chi connectivity index (χ0) is 10.0. The van der Waals surface area contributed by atoms with Crippen molar-refractivity contribution in [3.8, 4) is 0 Å². The minimum Gasteiger partial charge on any atom is -0.481 e. The molecule has 0 saturated carbocycles. The Hall–Kier alpha value is -1.09. The van der Waals surface area contributed by atoms with Crippen molar-refractivity contribution in [2.75, 3.05) is 0 Å². The highest BCUT2D eigenvalue weighted by Crippen LogP contribution is 2.21. The van der Waals surface area contributed by atoms with Crippen molar-refractivity contribution >= 4 is 17.6 Å². The van der Waals surface area contributed by atoms with Gasteiger partial charge in [-0.2, -0.15) is 0 Å². The fourth-order valence-corrected chi connectivity index (χ4v) is 1.20. The number of hydrogen-bond acceptors (Lipinski definition) is 1. The second kappa shape index (κ2) is 3.75. The highest BCUT2D eigenvalue weighted by molar-refractivity contribution is 6.30. The molecular formula is C9H8ClFO2. The van der Waals surface area contributed by atoms with Crippen molar-refractivity contribution < 1.29 is 14.3 Å². The van der Waals surface area contributed by atoms with Gasteiger partial charge >= 0.3 is 5.97 Å². The molecule has 0 saturated heterocycles. The smallest absolute Gasteiger partial charge is 0.310 e. The van der Waals surface area contributed by atoms with Crippen LogP contribution in [0.2, 0.25) is 5.02 Å². The van der Waals surface area contributed by atoms with Crippen LogP contribution in [0.4, 0.5) is 4.39 Å². The lowest BCUT2D eigenvalue weighted by Gasteiger charge is -2.06. The van der Waals surface area contributed by atoms with Gasteiger partial charge in [-0.05, 0) is 30.7 Å². The van der Waals surface area contributed by atoms with Crippen molar-refractivity contribution in [2.24, 2.45) is 0 Å². The molecule has 70 valence electrons. The SMILES string of the molecule is CC(C(=O)O)c1cc(F)cc(Cl)c1. The van der Waals surface area contributed by atoms with Gasteiger partial charge in [0.2, 0.25) is 0 Å². The van der Waals surface area contributed by atoms with Crippen molar-refractivity contribution in [3.63, 3.8) is 0 Å². The summed E-state index contributed by atoms with van der Waals surface area (Å²) in [4.78, 5) is 10.6. The molecule has 1 unspecified atom stereocenters. The number of carboxylic acids is 1. The highest BCUT2D eigenvalue weighted by atomic mass is 35.5. The molecule has 0 heterocycles. The molecular weight excluding hydrogens is 195 g/mol. The fourth-order valence-electron chi connectivity index (χ4n) is 0.968. The van der Waals surface area contributed by atoms with E-state index in [4.69, 9.17) is 16.7 Å². The molecule has 1 N–H and O–H groups in total. The Morgan fingerprint density at radius 2 is 2.15 bits per heavy atom. The summed E-state index contributed by atoms with van der Waals surface area (Å²) < 4.78 is 12.8. The van der Waals surface area contributed by atoms with E-state index >= 15 is 0 Å². The highest BCUT2D eigenvalue weighted by Gasteiger charge is 2.14. The molecule has 1 rings (SSSR count). The van der Waals surface area contributed by atoms with E-state index in [1.165, 1.54) is 19.1 Å². The van der Waals surface area contributed by atoms with Gasteiger partial charge < -0.3 is 5.11 Å². The van der Waals surface area contributed by atoms with Gasteiger partial charge in [-0.25, -0.2) is 4.39 Å². The van der Waals surface area contributed by atoms with Gasteiger partial charge in [-0.3, -0.25) is 4.79 Å². The Bertz CT molecular complexity index is 318. The maximum atomic E-state index is 12.8. The molecule has 0 bridgehead atoms. The summed E-state index contributed by atoms with van der Waals surface area (Å²) in [6.45, 7) is 1.48. The largest absolute Gasteiger partial charge is 0.481 e. The first kappa shape index (κ1) is 9.99. The lowest BCUT2D eigenvalue weighted by molar-refractivity contribution is -0.138. The Balaban J connectivity index is 3.07. The molecule has 1 atom stereocenters. The number of aliphatic carboxylic acids is 1. The molecule has 0 aliphatic heterocycles. The quantitative estimate of drug-likeness (QED) is 0.801. The van der Waals surface area contributed by atoms with Crippen molar-refractivity contribution in [1.29, 1.82) is 0 Å². The summed E-state index contributed by atoms with van der Waals surface area (Å²) >= 11 is 5.57. The van der Waals surface area contributed by atoms with E-state index in [9.17, 15) is 9.18 Å². The van der Waals surface area contributed by atoms with Crippen LogP contribution in [0.15, 0.2) is 18.2 Å². The fraction of sp³-hybridized carbons (Fsp3) is 0.222. The number of rotatable bonds is 2. The topological polar surface area (TPSA) is 37.3 Å². The third kappa shape index (κ3) is 2.42. The standard InChI is InChI=1S/C9H8ClFO2/c1-5(9(12)13)6-2-7(10)4-8(11)3-6/h2-5H,1H3,(H,12,13). The number of benzene rings is 1. The summed E-state index contributed by atoms with van der Waals surface area (Å²) in [5, 5.41) is 8.86. The average molecular weight is 203 g/mol. The summed E-state index contributed by atoms with van der Waals surface area (Å²) in [6, 6.07) is 3.76. The second-order valence-corrected chi connectivity index (χ2v) is 3.20. The molecule has 0 aromatic heterocycles. The Labute approximate surface area is 80.0 Å². The van der Waals surface area contributed by atoms with E-state index in [1.807, 2.05) is 0 Å². The normalized spacial score (nSPS) is 12.5. The molecule has 4 heteroatoms. The Kier molecular flexibility index (Phi) is 2.88. The van der Waals surface area contributed by atoms with E-state index in [1.54, 1.807) is 0 Å². The van der Waals surface area contributed by atoms with Gasteiger partial charge in [-0.1, -0.05) is 11.6 Å². The molecule has 1 aromatic carbocycles.